The second kappa shape index (κ2) is 6.60. The van der Waals surface area contributed by atoms with Crippen molar-refractivity contribution in [3.05, 3.63) is 22.4 Å². The Balaban J connectivity index is 2.45. The molecule has 0 spiro atoms. The number of rotatable bonds is 6. The van der Waals surface area contributed by atoms with Crippen molar-refractivity contribution in [3.8, 4) is 6.07 Å². The zero-order valence-corrected chi connectivity index (χ0v) is 10.3. The van der Waals surface area contributed by atoms with Gasteiger partial charge in [0.2, 0.25) is 0 Å². The molecule has 0 amide bonds. The smallest absolute Gasteiger partial charge is 0.0635 e. The van der Waals surface area contributed by atoms with Gasteiger partial charge in [-0.25, -0.2) is 0 Å². The number of thiophene rings is 1. The van der Waals surface area contributed by atoms with Gasteiger partial charge in [0, 0.05) is 30.9 Å². The van der Waals surface area contributed by atoms with E-state index >= 15 is 0 Å². The summed E-state index contributed by atoms with van der Waals surface area (Å²) in [7, 11) is 0. The lowest BCUT2D eigenvalue weighted by molar-refractivity contribution is 0.243. The third-order valence-corrected chi connectivity index (χ3v) is 2.98. The highest BCUT2D eigenvalue weighted by Crippen LogP contribution is 2.13. The summed E-state index contributed by atoms with van der Waals surface area (Å²) < 4.78 is 0. The molecular formula is C12H18N2S. The Labute approximate surface area is 96.1 Å². The first-order chi connectivity index (χ1) is 7.22. The van der Waals surface area contributed by atoms with Crippen molar-refractivity contribution in [2.75, 3.05) is 13.1 Å². The lowest BCUT2D eigenvalue weighted by atomic mass is 10.2. The van der Waals surface area contributed by atoms with E-state index < -0.39 is 0 Å². The minimum atomic E-state index is 0.623. The highest BCUT2D eigenvalue weighted by atomic mass is 32.1. The van der Waals surface area contributed by atoms with Gasteiger partial charge in [0.1, 0.15) is 0 Å². The molecular weight excluding hydrogens is 204 g/mol. The number of nitrogens with zero attached hydrogens (tertiary/aromatic N) is 2. The zero-order valence-electron chi connectivity index (χ0n) is 9.44. The van der Waals surface area contributed by atoms with Crippen LogP contribution in [0.25, 0.3) is 0 Å². The molecule has 0 unspecified atom stereocenters. The largest absolute Gasteiger partial charge is 0.297 e. The maximum Gasteiger partial charge on any atom is 0.0635 e. The molecule has 2 nitrogen and oxygen atoms in total. The van der Waals surface area contributed by atoms with Crippen molar-refractivity contribution >= 4 is 11.3 Å². The van der Waals surface area contributed by atoms with Gasteiger partial charge >= 0.3 is 0 Å². The lowest BCUT2D eigenvalue weighted by Crippen LogP contribution is -2.27. The fourth-order valence-corrected chi connectivity index (χ4v) is 2.33. The van der Waals surface area contributed by atoms with E-state index in [9.17, 15) is 0 Å². The Kier molecular flexibility index (Phi) is 5.38. The van der Waals surface area contributed by atoms with Gasteiger partial charge in [-0.05, 0) is 17.4 Å². The molecule has 82 valence electrons. The average Bonchev–Trinajstić information content (AvgIpc) is 2.66. The summed E-state index contributed by atoms with van der Waals surface area (Å²) in [5.41, 5.74) is 0. The van der Waals surface area contributed by atoms with Gasteiger partial charge in [-0.2, -0.15) is 5.26 Å². The Morgan fingerprint density at radius 1 is 1.53 bits per heavy atom. The molecule has 0 saturated carbocycles. The molecule has 0 aliphatic rings. The van der Waals surface area contributed by atoms with E-state index in [-0.39, 0.29) is 0 Å². The van der Waals surface area contributed by atoms with E-state index in [4.69, 9.17) is 5.26 Å². The van der Waals surface area contributed by atoms with Crippen molar-refractivity contribution in [3.63, 3.8) is 0 Å². The molecule has 3 heteroatoms. The molecule has 0 N–H and O–H groups in total. The molecule has 0 radical (unpaired) electrons. The van der Waals surface area contributed by atoms with Crippen LogP contribution in [0.3, 0.4) is 0 Å². The van der Waals surface area contributed by atoms with Gasteiger partial charge in [0.25, 0.3) is 0 Å². The van der Waals surface area contributed by atoms with Crippen LogP contribution in [0.4, 0.5) is 0 Å². The summed E-state index contributed by atoms with van der Waals surface area (Å²) in [5.74, 6) is 0.656. The van der Waals surface area contributed by atoms with Crippen LogP contribution in [0.5, 0.6) is 0 Å². The average molecular weight is 222 g/mol. The molecule has 15 heavy (non-hydrogen) atoms. The van der Waals surface area contributed by atoms with Gasteiger partial charge < -0.3 is 0 Å². The highest BCUT2D eigenvalue weighted by Gasteiger charge is 2.08. The quantitative estimate of drug-likeness (QED) is 0.739. The van der Waals surface area contributed by atoms with Crippen molar-refractivity contribution in [1.29, 1.82) is 5.26 Å². The fraction of sp³-hybridized carbons (Fsp3) is 0.583. The predicted molar refractivity (Wildman–Crippen MR) is 64.7 cm³/mol. The van der Waals surface area contributed by atoms with Crippen LogP contribution >= 0.6 is 11.3 Å². The first kappa shape index (κ1) is 12.2. The van der Waals surface area contributed by atoms with Crippen LogP contribution in [-0.2, 0) is 6.54 Å². The summed E-state index contributed by atoms with van der Waals surface area (Å²) >= 11 is 1.79. The second-order valence-electron chi connectivity index (χ2n) is 4.12. The molecule has 1 rings (SSSR count). The van der Waals surface area contributed by atoms with Gasteiger partial charge in [-0.1, -0.05) is 19.9 Å². The van der Waals surface area contributed by atoms with E-state index in [0.29, 0.717) is 12.3 Å². The van der Waals surface area contributed by atoms with Crippen molar-refractivity contribution < 1.29 is 0 Å². The summed E-state index contributed by atoms with van der Waals surface area (Å²) in [6.07, 6.45) is 0.623. The number of hydrogen-bond acceptors (Lipinski definition) is 3. The van der Waals surface area contributed by atoms with Crippen LogP contribution in [0.2, 0.25) is 0 Å². The third-order valence-electron chi connectivity index (χ3n) is 2.12. The molecule has 1 heterocycles. The normalized spacial score (nSPS) is 10.9. The van der Waals surface area contributed by atoms with E-state index in [1.807, 2.05) is 0 Å². The topological polar surface area (TPSA) is 27.0 Å². The van der Waals surface area contributed by atoms with Crippen LogP contribution in [0.1, 0.15) is 25.1 Å². The summed E-state index contributed by atoms with van der Waals surface area (Å²) in [6, 6.07) is 6.45. The standard InChI is InChI=1S/C12H18N2S/c1-11(2)9-14(7-4-6-13)10-12-5-3-8-15-12/h3,5,8,11H,4,7,9-10H2,1-2H3. The van der Waals surface area contributed by atoms with Crippen LogP contribution in [-0.4, -0.2) is 18.0 Å². The molecule has 1 aromatic heterocycles. The zero-order chi connectivity index (χ0) is 11.1. The van der Waals surface area contributed by atoms with Gasteiger partial charge in [-0.15, -0.1) is 11.3 Å². The molecule has 0 fully saturated rings. The number of nitriles is 1. The SMILES string of the molecule is CC(C)CN(CCC#N)Cc1cccs1. The molecule has 0 aliphatic carbocycles. The van der Waals surface area contributed by atoms with Gasteiger partial charge in [-0.3, -0.25) is 4.90 Å². The maximum absolute atomic E-state index is 8.60. The monoisotopic (exact) mass is 222 g/mol. The minimum Gasteiger partial charge on any atom is -0.297 e. The van der Waals surface area contributed by atoms with Gasteiger partial charge in [0.15, 0.2) is 0 Å². The Bertz CT molecular complexity index is 298. The third kappa shape index (κ3) is 4.96. The van der Waals surface area contributed by atoms with E-state index in [0.717, 1.165) is 19.6 Å². The summed E-state index contributed by atoms with van der Waals surface area (Å²) in [5, 5.41) is 10.7. The fourth-order valence-electron chi connectivity index (χ4n) is 1.58. The van der Waals surface area contributed by atoms with Crippen molar-refractivity contribution in [1.82, 2.24) is 4.90 Å². The molecule has 1 aromatic rings. The molecule has 0 saturated heterocycles. The predicted octanol–water partition coefficient (Wildman–Crippen LogP) is 3.12. The second-order valence-corrected chi connectivity index (χ2v) is 5.15. The van der Waals surface area contributed by atoms with Crippen LogP contribution in [0, 0.1) is 17.2 Å². The Morgan fingerprint density at radius 3 is 2.87 bits per heavy atom. The summed E-state index contributed by atoms with van der Waals surface area (Å²) in [4.78, 5) is 3.74. The molecule has 0 aromatic carbocycles. The van der Waals surface area contributed by atoms with Crippen LogP contribution in [0.15, 0.2) is 17.5 Å². The first-order valence-electron chi connectivity index (χ1n) is 5.34. The molecule has 0 bridgehead atoms. The Hall–Kier alpha value is -0.850. The minimum absolute atomic E-state index is 0.623. The van der Waals surface area contributed by atoms with E-state index in [1.165, 1.54) is 4.88 Å². The Morgan fingerprint density at radius 2 is 2.33 bits per heavy atom. The lowest BCUT2D eigenvalue weighted by Gasteiger charge is -2.22. The van der Waals surface area contributed by atoms with E-state index in [2.05, 4.69) is 42.3 Å². The number of hydrogen-bond donors (Lipinski definition) is 0. The summed E-state index contributed by atoms with van der Waals surface area (Å²) in [6.45, 7) is 7.37. The first-order valence-corrected chi connectivity index (χ1v) is 6.22. The van der Waals surface area contributed by atoms with Crippen molar-refractivity contribution in [2.45, 2.75) is 26.8 Å². The highest BCUT2D eigenvalue weighted by molar-refractivity contribution is 7.09. The molecule has 0 atom stereocenters. The maximum atomic E-state index is 8.60. The van der Waals surface area contributed by atoms with E-state index in [1.54, 1.807) is 11.3 Å². The van der Waals surface area contributed by atoms with Gasteiger partial charge in [0.05, 0.1) is 6.07 Å². The molecule has 0 aliphatic heterocycles. The van der Waals surface area contributed by atoms with Crippen LogP contribution < -0.4 is 0 Å². The van der Waals surface area contributed by atoms with Crippen molar-refractivity contribution in [2.24, 2.45) is 5.92 Å².